The number of hydrogen-bond acceptors (Lipinski definition) is 6. The number of piperidine rings is 1. The van der Waals surface area contributed by atoms with Crippen molar-refractivity contribution in [3.05, 3.63) is 53.9 Å². The predicted molar refractivity (Wildman–Crippen MR) is 112 cm³/mol. The van der Waals surface area contributed by atoms with Gasteiger partial charge in [0.25, 0.3) is 5.91 Å². The van der Waals surface area contributed by atoms with Crippen molar-refractivity contribution < 1.29 is 23.4 Å². The van der Waals surface area contributed by atoms with E-state index in [4.69, 9.17) is 23.7 Å². The van der Waals surface area contributed by atoms with Crippen molar-refractivity contribution in [1.29, 1.82) is 0 Å². The summed E-state index contributed by atoms with van der Waals surface area (Å²) >= 11 is 0. The molecule has 0 atom stereocenters. The molecule has 5 rings (SSSR count). The van der Waals surface area contributed by atoms with Crippen LogP contribution in [0, 0.1) is 6.92 Å². The lowest BCUT2D eigenvalue weighted by molar-refractivity contribution is -0.181. The minimum Gasteiger partial charge on any atom is -0.497 e. The largest absolute Gasteiger partial charge is 0.497 e. The van der Waals surface area contributed by atoms with Crippen molar-refractivity contribution in [3.63, 3.8) is 0 Å². The summed E-state index contributed by atoms with van der Waals surface area (Å²) in [5.74, 6) is 1.56. The van der Waals surface area contributed by atoms with Gasteiger partial charge < -0.3 is 23.5 Å². The summed E-state index contributed by atoms with van der Waals surface area (Å²) in [6, 6.07) is 13.0. The molecule has 2 aromatic heterocycles. The zero-order chi connectivity index (χ0) is 21.4. The average Bonchev–Trinajstić information content (AvgIpc) is 3.54. The van der Waals surface area contributed by atoms with Gasteiger partial charge in [-0.15, -0.1) is 0 Å². The molecule has 31 heavy (non-hydrogen) atoms. The Morgan fingerprint density at radius 1 is 1.06 bits per heavy atom. The number of rotatable bonds is 4. The lowest BCUT2D eigenvalue weighted by Crippen LogP contribution is -2.47. The summed E-state index contributed by atoms with van der Waals surface area (Å²) in [6.45, 7) is 4.25. The van der Waals surface area contributed by atoms with Crippen molar-refractivity contribution in [2.24, 2.45) is 0 Å². The molecule has 2 aliphatic rings. The molecule has 0 aliphatic carbocycles. The molecule has 0 unspecified atom stereocenters. The van der Waals surface area contributed by atoms with Gasteiger partial charge in [0.1, 0.15) is 22.9 Å². The van der Waals surface area contributed by atoms with Crippen molar-refractivity contribution in [3.8, 4) is 22.9 Å². The Hall–Kier alpha value is -3.10. The van der Waals surface area contributed by atoms with Crippen LogP contribution in [0.4, 0.5) is 0 Å². The number of likely N-dealkylation sites (tertiary alicyclic amines) is 1. The van der Waals surface area contributed by atoms with E-state index < -0.39 is 5.79 Å². The third-order valence-electron chi connectivity index (χ3n) is 5.86. The van der Waals surface area contributed by atoms with E-state index in [9.17, 15) is 4.79 Å². The first-order chi connectivity index (χ1) is 15.1. The van der Waals surface area contributed by atoms with Crippen LogP contribution in [0.15, 0.2) is 46.9 Å². The summed E-state index contributed by atoms with van der Waals surface area (Å²) in [4.78, 5) is 15.3. The second kappa shape index (κ2) is 7.86. The Morgan fingerprint density at radius 3 is 2.39 bits per heavy atom. The van der Waals surface area contributed by atoms with Crippen LogP contribution in [-0.2, 0) is 9.47 Å². The predicted octanol–water partition coefficient (Wildman–Crippen LogP) is 3.43. The molecular formula is C23H25N3O5. The first kappa shape index (κ1) is 19.8. The number of carbonyl (C=O) groups is 1. The second-order valence-electron chi connectivity index (χ2n) is 7.83. The number of amides is 1. The lowest BCUT2D eigenvalue weighted by Gasteiger charge is -2.37. The highest BCUT2D eigenvalue weighted by Crippen LogP contribution is 2.32. The maximum absolute atomic E-state index is 13.5. The lowest BCUT2D eigenvalue weighted by atomic mass is 10.0. The molecule has 4 heterocycles. The Morgan fingerprint density at radius 2 is 1.77 bits per heavy atom. The van der Waals surface area contributed by atoms with Crippen LogP contribution in [0.1, 0.15) is 29.1 Å². The molecular weight excluding hydrogens is 398 g/mol. The maximum atomic E-state index is 13.5. The molecule has 1 aromatic carbocycles. The summed E-state index contributed by atoms with van der Waals surface area (Å²) in [5, 5.41) is 4.69. The van der Waals surface area contributed by atoms with Gasteiger partial charge in [-0.05, 0) is 43.3 Å². The molecule has 0 bridgehead atoms. The third kappa shape index (κ3) is 3.73. The summed E-state index contributed by atoms with van der Waals surface area (Å²) in [6.07, 6.45) is 1.33. The molecule has 2 aliphatic heterocycles. The van der Waals surface area contributed by atoms with E-state index >= 15 is 0 Å². The van der Waals surface area contributed by atoms with Crippen LogP contribution in [-0.4, -0.2) is 59.8 Å². The molecule has 2 saturated heterocycles. The number of aryl methyl sites for hydroxylation is 1. The number of benzene rings is 1. The molecule has 0 radical (unpaired) electrons. The van der Waals surface area contributed by atoms with Gasteiger partial charge in [-0.1, -0.05) is 0 Å². The van der Waals surface area contributed by atoms with Gasteiger partial charge in [0.05, 0.1) is 26.0 Å². The topological polar surface area (TPSA) is 79.0 Å². The van der Waals surface area contributed by atoms with Crippen LogP contribution >= 0.6 is 0 Å². The zero-order valence-corrected chi connectivity index (χ0v) is 17.7. The smallest absolute Gasteiger partial charge is 0.272 e. The number of aromatic nitrogens is 2. The van der Waals surface area contributed by atoms with E-state index in [1.165, 1.54) is 0 Å². The fourth-order valence-corrected chi connectivity index (χ4v) is 4.14. The van der Waals surface area contributed by atoms with E-state index in [1.54, 1.807) is 17.9 Å². The number of carbonyl (C=O) groups excluding carboxylic acids is 1. The molecule has 1 spiro atoms. The maximum Gasteiger partial charge on any atom is 0.272 e. The first-order valence-corrected chi connectivity index (χ1v) is 10.5. The van der Waals surface area contributed by atoms with Gasteiger partial charge in [0.2, 0.25) is 0 Å². The standard InChI is InChI=1S/C23H25N3O5/c1-16-3-8-21(31-16)19-15-20(26(24-19)17-4-6-18(28-2)7-5-17)22(27)25-11-9-23(10-12-25)29-13-14-30-23/h3-8,15H,9-14H2,1-2H3. The third-order valence-corrected chi connectivity index (χ3v) is 5.86. The van der Waals surface area contributed by atoms with Gasteiger partial charge in [-0.3, -0.25) is 4.79 Å². The normalized spacial score (nSPS) is 17.9. The fraction of sp³-hybridized carbons (Fsp3) is 0.391. The van der Waals surface area contributed by atoms with Gasteiger partial charge in [0.15, 0.2) is 11.5 Å². The Balaban J connectivity index is 1.47. The minimum absolute atomic E-state index is 0.0781. The number of nitrogens with zero attached hydrogens (tertiary/aromatic N) is 3. The summed E-state index contributed by atoms with van der Waals surface area (Å²) in [5.41, 5.74) is 1.87. The van der Waals surface area contributed by atoms with Gasteiger partial charge >= 0.3 is 0 Å². The van der Waals surface area contributed by atoms with Crippen LogP contribution in [0.3, 0.4) is 0 Å². The first-order valence-electron chi connectivity index (χ1n) is 10.5. The van der Waals surface area contributed by atoms with E-state index in [2.05, 4.69) is 0 Å². The summed E-state index contributed by atoms with van der Waals surface area (Å²) in [7, 11) is 1.62. The van der Waals surface area contributed by atoms with Crippen molar-refractivity contribution in [2.75, 3.05) is 33.4 Å². The molecule has 0 N–H and O–H groups in total. The monoisotopic (exact) mass is 423 g/mol. The summed E-state index contributed by atoms with van der Waals surface area (Å²) < 4.78 is 24.3. The molecule has 1 amide bonds. The number of ether oxygens (including phenoxy) is 3. The number of methoxy groups -OCH3 is 1. The number of furan rings is 1. The van der Waals surface area contributed by atoms with Gasteiger partial charge in [-0.25, -0.2) is 4.68 Å². The molecule has 2 fully saturated rings. The Kier molecular flexibility index (Phi) is 5.03. The molecule has 8 nitrogen and oxygen atoms in total. The fourth-order valence-electron chi connectivity index (χ4n) is 4.14. The van der Waals surface area contributed by atoms with Crippen LogP contribution in [0.5, 0.6) is 5.75 Å². The van der Waals surface area contributed by atoms with Crippen LogP contribution in [0.2, 0.25) is 0 Å². The SMILES string of the molecule is COc1ccc(-n2nc(-c3ccc(C)o3)cc2C(=O)N2CCC3(CC2)OCCO3)cc1. The van der Waals surface area contributed by atoms with Crippen molar-refractivity contribution in [1.82, 2.24) is 14.7 Å². The molecule has 162 valence electrons. The van der Waals surface area contributed by atoms with Crippen molar-refractivity contribution in [2.45, 2.75) is 25.6 Å². The highest BCUT2D eigenvalue weighted by Gasteiger charge is 2.41. The number of hydrogen-bond donors (Lipinski definition) is 0. The Bertz CT molecular complexity index is 1070. The Labute approximate surface area is 180 Å². The molecule has 0 saturated carbocycles. The van der Waals surface area contributed by atoms with E-state index in [-0.39, 0.29) is 5.91 Å². The molecule has 8 heteroatoms. The van der Waals surface area contributed by atoms with E-state index in [0.29, 0.717) is 56.3 Å². The quantitative estimate of drug-likeness (QED) is 0.640. The molecule has 3 aromatic rings. The van der Waals surface area contributed by atoms with E-state index in [1.807, 2.05) is 48.2 Å². The highest BCUT2D eigenvalue weighted by molar-refractivity contribution is 5.94. The van der Waals surface area contributed by atoms with Gasteiger partial charge in [-0.2, -0.15) is 5.10 Å². The minimum atomic E-state index is -0.524. The van der Waals surface area contributed by atoms with Crippen LogP contribution in [0.25, 0.3) is 17.1 Å². The van der Waals surface area contributed by atoms with Crippen molar-refractivity contribution >= 4 is 5.91 Å². The second-order valence-corrected chi connectivity index (χ2v) is 7.83. The van der Waals surface area contributed by atoms with Gasteiger partial charge in [0, 0.05) is 32.0 Å². The average molecular weight is 423 g/mol. The zero-order valence-electron chi connectivity index (χ0n) is 17.7. The van der Waals surface area contributed by atoms with E-state index in [0.717, 1.165) is 17.2 Å². The van der Waals surface area contributed by atoms with Crippen LogP contribution < -0.4 is 4.74 Å². The highest BCUT2D eigenvalue weighted by atomic mass is 16.7.